The van der Waals surface area contributed by atoms with Gasteiger partial charge in [-0.25, -0.2) is 4.98 Å². The van der Waals surface area contributed by atoms with Crippen LogP contribution < -0.4 is 5.32 Å². The van der Waals surface area contributed by atoms with E-state index in [1.165, 1.54) is 5.56 Å². The van der Waals surface area contributed by atoms with Crippen LogP contribution in [0.1, 0.15) is 52.3 Å². The van der Waals surface area contributed by atoms with Crippen molar-refractivity contribution < 1.29 is 4.79 Å². The minimum absolute atomic E-state index is 0.0833. The van der Waals surface area contributed by atoms with Crippen LogP contribution in [-0.2, 0) is 6.54 Å². The van der Waals surface area contributed by atoms with Crippen molar-refractivity contribution in [2.45, 2.75) is 39.8 Å². The molecule has 0 fully saturated rings. The largest absolute Gasteiger partial charge is 0.342 e. The molecule has 3 aromatic carbocycles. The summed E-state index contributed by atoms with van der Waals surface area (Å²) in [6, 6.07) is 21.5. The number of para-hydroxylation sites is 2. The highest BCUT2D eigenvalue weighted by atomic mass is 35.5. The van der Waals surface area contributed by atoms with Crippen molar-refractivity contribution in [3.63, 3.8) is 0 Å². The van der Waals surface area contributed by atoms with Gasteiger partial charge in [-0.05, 0) is 73.4 Å². The molecule has 0 aliphatic heterocycles. The molecule has 0 aliphatic rings. The Hall–Kier alpha value is -3.11. The zero-order valence-electron chi connectivity index (χ0n) is 18.0. The van der Waals surface area contributed by atoms with Crippen LogP contribution in [0.3, 0.4) is 0 Å². The van der Waals surface area contributed by atoms with E-state index in [9.17, 15) is 4.79 Å². The molecule has 0 saturated carbocycles. The summed E-state index contributed by atoms with van der Waals surface area (Å²) in [6.45, 7) is 6.79. The normalized spacial score (nSPS) is 12.1. The van der Waals surface area contributed by atoms with Gasteiger partial charge in [0.25, 0.3) is 5.91 Å². The highest BCUT2D eigenvalue weighted by Crippen LogP contribution is 2.25. The van der Waals surface area contributed by atoms with Gasteiger partial charge < -0.3 is 9.88 Å². The standard InChI is InChI=1S/C26H26ClN3O/c1-4-22(29-26(31)20-12-9-17(2)18(3)15-20)25-28-23-7-5-6-8-24(23)30(25)16-19-10-13-21(27)14-11-19/h5-15,22H,4,16H2,1-3H3,(H,29,31). The zero-order chi connectivity index (χ0) is 22.0. The van der Waals surface area contributed by atoms with Crippen molar-refractivity contribution in [2.75, 3.05) is 0 Å². The fraction of sp³-hybridized carbons (Fsp3) is 0.231. The Balaban J connectivity index is 1.69. The van der Waals surface area contributed by atoms with Gasteiger partial charge in [-0.2, -0.15) is 0 Å². The number of rotatable bonds is 6. The number of amides is 1. The number of aromatic nitrogens is 2. The molecule has 1 amide bonds. The summed E-state index contributed by atoms with van der Waals surface area (Å²) in [5.41, 5.74) is 6.05. The Morgan fingerprint density at radius 3 is 2.48 bits per heavy atom. The maximum atomic E-state index is 13.0. The lowest BCUT2D eigenvalue weighted by Gasteiger charge is -2.19. The summed E-state index contributed by atoms with van der Waals surface area (Å²) in [4.78, 5) is 17.9. The van der Waals surface area contributed by atoms with E-state index in [2.05, 4.69) is 22.9 Å². The number of imidazole rings is 1. The summed E-state index contributed by atoms with van der Waals surface area (Å²) in [6.07, 6.45) is 0.737. The molecule has 4 rings (SSSR count). The monoisotopic (exact) mass is 431 g/mol. The number of nitrogens with one attached hydrogen (secondary N) is 1. The van der Waals surface area contributed by atoms with Gasteiger partial charge in [0, 0.05) is 17.1 Å². The lowest BCUT2D eigenvalue weighted by molar-refractivity contribution is 0.0933. The Kier molecular flexibility index (Phi) is 6.10. The Bertz CT molecular complexity index is 1230. The molecule has 0 saturated heterocycles. The fourth-order valence-corrected chi connectivity index (χ4v) is 3.90. The summed E-state index contributed by atoms with van der Waals surface area (Å²) < 4.78 is 2.19. The van der Waals surface area contributed by atoms with Gasteiger partial charge in [0.05, 0.1) is 17.1 Å². The number of fused-ring (bicyclic) bond motifs is 1. The van der Waals surface area contributed by atoms with Crippen molar-refractivity contribution >= 4 is 28.5 Å². The zero-order valence-corrected chi connectivity index (χ0v) is 18.8. The topological polar surface area (TPSA) is 46.9 Å². The third-order valence-electron chi connectivity index (χ3n) is 5.73. The van der Waals surface area contributed by atoms with Crippen LogP contribution in [0.25, 0.3) is 11.0 Å². The first-order valence-electron chi connectivity index (χ1n) is 10.5. The van der Waals surface area contributed by atoms with E-state index in [0.29, 0.717) is 17.1 Å². The van der Waals surface area contributed by atoms with E-state index < -0.39 is 0 Å². The van der Waals surface area contributed by atoms with E-state index in [-0.39, 0.29) is 11.9 Å². The average Bonchev–Trinajstić information content (AvgIpc) is 3.13. The molecule has 1 heterocycles. The lowest BCUT2D eigenvalue weighted by atomic mass is 10.1. The van der Waals surface area contributed by atoms with Gasteiger partial charge in [-0.1, -0.05) is 48.9 Å². The highest BCUT2D eigenvalue weighted by molar-refractivity contribution is 6.30. The molecule has 4 aromatic rings. The van der Waals surface area contributed by atoms with Crippen molar-refractivity contribution in [2.24, 2.45) is 0 Å². The number of nitrogens with zero attached hydrogens (tertiary/aromatic N) is 2. The predicted molar refractivity (Wildman–Crippen MR) is 127 cm³/mol. The number of hydrogen-bond acceptors (Lipinski definition) is 2. The molecule has 5 heteroatoms. The first kappa shape index (κ1) is 21.1. The maximum absolute atomic E-state index is 13.0. The maximum Gasteiger partial charge on any atom is 0.251 e. The van der Waals surface area contributed by atoms with Crippen molar-refractivity contribution in [3.8, 4) is 0 Å². The molecule has 158 valence electrons. The number of carbonyl (C=O) groups is 1. The minimum Gasteiger partial charge on any atom is -0.342 e. The highest BCUT2D eigenvalue weighted by Gasteiger charge is 2.21. The average molecular weight is 432 g/mol. The van der Waals surface area contributed by atoms with Gasteiger partial charge in [0.1, 0.15) is 5.82 Å². The first-order valence-corrected chi connectivity index (χ1v) is 10.9. The first-order chi connectivity index (χ1) is 15.0. The van der Waals surface area contributed by atoms with Crippen LogP contribution in [0.2, 0.25) is 5.02 Å². The summed E-state index contributed by atoms with van der Waals surface area (Å²) in [5, 5.41) is 3.91. The molecule has 1 aromatic heterocycles. The van der Waals surface area contributed by atoms with E-state index in [4.69, 9.17) is 16.6 Å². The number of benzene rings is 3. The van der Waals surface area contributed by atoms with E-state index in [1.54, 1.807) is 0 Å². The number of hydrogen-bond donors (Lipinski definition) is 1. The Morgan fingerprint density at radius 1 is 1.03 bits per heavy atom. The summed E-state index contributed by atoms with van der Waals surface area (Å²) in [5.74, 6) is 0.774. The molecule has 0 spiro atoms. The number of halogens is 1. The molecule has 0 bridgehead atoms. The number of aryl methyl sites for hydroxylation is 2. The van der Waals surface area contributed by atoms with Crippen molar-refractivity contribution in [3.05, 3.63) is 99.8 Å². The third-order valence-corrected chi connectivity index (χ3v) is 5.98. The Morgan fingerprint density at radius 2 is 1.77 bits per heavy atom. The molecule has 0 aliphatic carbocycles. The van der Waals surface area contributed by atoms with Gasteiger partial charge >= 0.3 is 0 Å². The van der Waals surface area contributed by atoms with Gasteiger partial charge in [0.2, 0.25) is 0 Å². The second-order valence-corrected chi connectivity index (χ2v) is 8.34. The van der Waals surface area contributed by atoms with Crippen LogP contribution in [0, 0.1) is 13.8 Å². The van der Waals surface area contributed by atoms with Crippen LogP contribution in [0.15, 0.2) is 66.7 Å². The van der Waals surface area contributed by atoms with Gasteiger partial charge in [0.15, 0.2) is 0 Å². The minimum atomic E-state index is -0.200. The quantitative estimate of drug-likeness (QED) is 0.393. The lowest BCUT2D eigenvalue weighted by Crippen LogP contribution is -2.30. The van der Waals surface area contributed by atoms with Crippen LogP contribution in [-0.4, -0.2) is 15.5 Å². The van der Waals surface area contributed by atoms with Crippen LogP contribution in [0.4, 0.5) is 0 Å². The van der Waals surface area contributed by atoms with Crippen molar-refractivity contribution in [1.29, 1.82) is 0 Å². The Labute approximate surface area is 187 Å². The van der Waals surface area contributed by atoms with Gasteiger partial charge in [-0.3, -0.25) is 4.79 Å². The molecule has 1 unspecified atom stereocenters. The summed E-state index contributed by atoms with van der Waals surface area (Å²) in [7, 11) is 0. The predicted octanol–water partition coefficient (Wildman–Crippen LogP) is 6.24. The second kappa shape index (κ2) is 8.94. The fourth-order valence-electron chi connectivity index (χ4n) is 3.77. The SMILES string of the molecule is CCC(NC(=O)c1ccc(C)c(C)c1)c1nc2ccccc2n1Cc1ccc(Cl)cc1. The molecule has 1 atom stereocenters. The second-order valence-electron chi connectivity index (χ2n) is 7.90. The summed E-state index contributed by atoms with van der Waals surface area (Å²) >= 11 is 6.06. The van der Waals surface area contributed by atoms with E-state index in [0.717, 1.165) is 34.4 Å². The smallest absolute Gasteiger partial charge is 0.251 e. The van der Waals surface area contributed by atoms with E-state index >= 15 is 0 Å². The molecule has 4 nitrogen and oxygen atoms in total. The molecule has 1 N–H and O–H groups in total. The number of carbonyl (C=O) groups excluding carboxylic acids is 1. The van der Waals surface area contributed by atoms with Crippen LogP contribution in [0.5, 0.6) is 0 Å². The van der Waals surface area contributed by atoms with Crippen LogP contribution >= 0.6 is 11.6 Å². The van der Waals surface area contributed by atoms with E-state index in [1.807, 2.05) is 74.5 Å². The molecule has 31 heavy (non-hydrogen) atoms. The van der Waals surface area contributed by atoms with Gasteiger partial charge in [-0.15, -0.1) is 0 Å². The third kappa shape index (κ3) is 4.49. The molecule has 0 radical (unpaired) electrons. The molecular formula is C26H26ClN3O. The van der Waals surface area contributed by atoms with Crippen molar-refractivity contribution in [1.82, 2.24) is 14.9 Å². The molecular weight excluding hydrogens is 406 g/mol.